The Hall–Kier alpha value is -2.87. The minimum Gasteiger partial charge on any atom is -0.333 e. The van der Waals surface area contributed by atoms with E-state index in [9.17, 15) is 23.2 Å². The number of fused-ring (bicyclic) bond motifs is 1. The van der Waals surface area contributed by atoms with Crippen LogP contribution in [0.3, 0.4) is 0 Å². The van der Waals surface area contributed by atoms with Crippen molar-refractivity contribution in [3.05, 3.63) is 68.6 Å². The second-order valence-corrected chi connectivity index (χ2v) is 9.11. The van der Waals surface area contributed by atoms with Gasteiger partial charge in [0.15, 0.2) is 5.78 Å². The molecule has 3 rings (SSSR count). The van der Waals surface area contributed by atoms with Gasteiger partial charge in [-0.15, -0.1) is 0 Å². The first-order chi connectivity index (χ1) is 14.5. The van der Waals surface area contributed by atoms with Crippen LogP contribution in [-0.2, 0) is 13.0 Å². The van der Waals surface area contributed by atoms with E-state index in [2.05, 4.69) is 4.98 Å². The summed E-state index contributed by atoms with van der Waals surface area (Å²) in [6.45, 7) is 4.47. The number of hydrogen-bond acceptors (Lipinski definition) is 4. The molecule has 0 bridgehead atoms. The third-order valence-electron chi connectivity index (χ3n) is 5.43. The number of nitrogens with zero attached hydrogens (tertiary/aromatic N) is 2. The number of halogens is 2. The van der Waals surface area contributed by atoms with Crippen LogP contribution in [0.2, 0.25) is 0 Å². The van der Waals surface area contributed by atoms with Crippen LogP contribution >= 0.6 is 0 Å². The second-order valence-electron chi connectivity index (χ2n) is 9.11. The number of H-pyrrole nitrogens is 1. The molecule has 1 aromatic carbocycles. The van der Waals surface area contributed by atoms with Crippen LogP contribution in [0, 0.1) is 17.0 Å². The van der Waals surface area contributed by atoms with Crippen molar-refractivity contribution >= 4 is 11.7 Å². The summed E-state index contributed by atoms with van der Waals surface area (Å²) in [5, 5.41) is 0. The van der Waals surface area contributed by atoms with E-state index in [0.717, 1.165) is 12.1 Å². The molecule has 0 saturated heterocycles. The number of rotatable bonds is 6. The number of carbonyl (C=O) groups is 2. The summed E-state index contributed by atoms with van der Waals surface area (Å²) in [7, 11) is 3.65. The lowest BCUT2D eigenvalue weighted by molar-refractivity contribution is 0.0728. The van der Waals surface area contributed by atoms with Gasteiger partial charge in [0.25, 0.3) is 11.5 Å². The van der Waals surface area contributed by atoms with Crippen molar-refractivity contribution in [3.8, 4) is 0 Å². The number of carbonyl (C=O) groups excluding carboxylic acids is 2. The van der Waals surface area contributed by atoms with Gasteiger partial charge in [0, 0.05) is 48.9 Å². The monoisotopic (exact) mass is 431 g/mol. The largest absolute Gasteiger partial charge is 0.333 e. The second kappa shape index (κ2) is 8.70. The lowest BCUT2D eigenvalue weighted by Crippen LogP contribution is -2.40. The minimum absolute atomic E-state index is 0.124. The van der Waals surface area contributed by atoms with Crippen molar-refractivity contribution in [2.45, 2.75) is 33.2 Å². The fourth-order valence-corrected chi connectivity index (χ4v) is 3.79. The van der Waals surface area contributed by atoms with Crippen molar-refractivity contribution < 1.29 is 18.4 Å². The molecule has 1 N–H and O–H groups in total. The first-order valence-corrected chi connectivity index (χ1v) is 10.1. The number of hydrogen-bond donors (Lipinski definition) is 1. The van der Waals surface area contributed by atoms with Gasteiger partial charge >= 0.3 is 0 Å². The molecule has 0 atom stereocenters. The molecule has 0 spiro atoms. The number of benzene rings is 1. The molecule has 1 heterocycles. The van der Waals surface area contributed by atoms with E-state index in [4.69, 9.17) is 0 Å². The summed E-state index contributed by atoms with van der Waals surface area (Å²) in [5.41, 5.74) is 0.0173. The molecule has 0 aliphatic heterocycles. The fraction of sp³-hybridized carbons (Fsp3) is 0.435. The highest BCUT2D eigenvalue weighted by atomic mass is 19.1. The summed E-state index contributed by atoms with van der Waals surface area (Å²) in [4.78, 5) is 44.5. The molecule has 6 nitrogen and oxygen atoms in total. The van der Waals surface area contributed by atoms with E-state index in [1.54, 1.807) is 0 Å². The number of nitrogens with one attached hydrogen (secondary N) is 1. The molecule has 31 heavy (non-hydrogen) atoms. The Balaban J connectivity index is 1.96. The maximum absolute atomic E-state index is 14.2. The van der Waals surface area contributed by atoms with E-state index in [1.165, 1.54) is 17.0 Å². The van der Waals surface area contributed by atoms with Gasteiger partial charge in [-0.3, -0.25) is 14.4 Å². The number of Topliss-reactive ketones (excluding diaryl/α,β-unsaturated/α-hetero) is 1. The van der Waals surface area contributed by atoms with Crippen LogP contribution in [0.5, 0.6) is 0 Å². The Morgan fingerprint density at radius 1 is 1.10 bits per heavy atom. The first kappa shape index (κ1) is 22.8. The highest BCUT2D eigenvalue weighted by Crippen LogP contribution is 2.33. The average Bonchev–Trinajstić information content (AvgIpc) is 2.64. The Morgan fingerprint density at radius 3 is 2.45 bits per heavy atom. The normalized spacial score (nSPS) is 15.1. The zero-order chi connectivity index (χ0) is 22.9. The zero-order valence-corrected chi connectivity index (χ0v) is 18.2. The minimum atomic E-state index is -0.764. The topological polar surface area (TPSA) is 73.5 Å². The predicted molar refractivity (Wildman–Crippen MR) is 113 cm³/mol. The standard InChI is InChI=1S/C23H27F2N3O3/c1-23(2)11-19-16(20(29)12-23)10-17(21(30)26-19)22(31)28(8-7-27(3)4)13-14-5-6-15(24)9-18(14)25/h5-6,9-10H,7-8,11-13H2,1-4H3,(H,26,30). The number of likely N-dealkylation sites (N-methyl/N-ethyl adjacent to an activating group) is 1. The van der Waals surface area contributed by atoms with Crippen molar-refractivity contribution in [1.29, 1.82) is 0 Å². The lowest BCUT2D eigenvalue weighted by atomic mass is 9.75. The van der Waals surface area contributed by atoms with Crippen molar-refractivity contribution in [2.75, 3.05) is 27.2 Å². The van der Waals surface area contributed by atoms with E-state index in [1.807, 2.05) is 32.8 Å². The Kier molecular flexibility index (Phi) is 6.40. The molecular formula is C23H27F2N3O3. The fourth-order valence-electron chi connectivity index (χ4n) is 3.79. The zero-order valence-electron chi connectivity index (χ0n) is 18.2. The number of aromatic nitrogens is 1. The molecule has 0 saturated carbocycles. The number of amides is 1. The molecule has 1 aliphatic rings. The first-order valence-electron chi connectivity index (χ1n) is 10.1. The van der Waals surface area contributed by atoms with Crippen molar-refractivity contribution in [2.24, 2.45) is 5.41 Å². The van der Waals surface area contributed by atoms with Crippen LogP contribution in [-0.4, -0.2) is 53.7 Å². The summed E-state index contributed by atoms with van der Waals surface area (Å²) < 4.78 is 27.5. The molecular weight excluding hydrogens is 404 g/mol. The van der Waals surface area contributed by atoms with Crippen molar-refractivity contribution in [1.82, 2.24) is 14.8 Å². The maximum Gasteiger partial charge on any atom is 0.261 e. The van der Waals surface area contributed by atoms with Crippen LogP contribution in [0.25, 0.3) is 0 Å². The van der Waals surface area contributed by atoms with Crippen LogP contribution in [0.4, 0.5) is 8.78 Å². The SMILES string of the molecule is CN(C)CCN(Cc1ccc(F)cc1F)C(=O)c1cc2c([nH]c1=O)CC(C)(C)CC2=O. The van der Waals surface area contributed by atoms with E-state index >= 15 is 0 Å². The van der Waals surface area contributed by atoms with Gasteiger partial charge in [-0.05, 0) is 38.1 Å². The van der Waals surface area contributed by atoms with Gasteiger partial charge < -0.3 is 14.8 Å². The number of pyridine rings is 1. The smallest absolute Gasteiger partial charge is 0.261 e. The average molecular weight is 431 g/mol. The summed E-state index contributed by atoms with van der Waals surface area (Å²) in [5.74, 6) is -2.20. The van der Waals surface area contributed by atoms with Gasteiger partial charge in [0.05, 0.1) is 0 Å². The Morgan fingerprint density at radius 2 is 1.81 bits per heavy atom. The third kappa shape index (κ3) is 5.25. The van der Waals surface area contributed by atoms with Gasteiger partial charge in [-0.25, -0.2) is 8.78 Å². The maximum atomic E-state index is 14.2. The molecule has 8 heteroatoms. The van der Waals surface area contributed by atoms with E-state index in [0.29, 0.717) is 30.6 Å². The molecule has 1 amide bonds. The summed E-state index contributed by atoms with van der Waals surface area (Å²) in [6, 6.07) is 4.52. The van der Waals surface area contributed by atoms with Gasteiger partial charge in [0.2, 0.25) is 0 Å². The van der Waals surface area contributed by atoms with Crippen molar-refractivity contribution in [3.63, 3.8) is 0 Å². The molecule has 1 aliphatic carbocycles. The van der Waals surface area contributed by atoms with Crippen LogP contribution in [0.15, 0.2) is 29.1 Å². The highest BCUT2D eigenvalue weighted by Gasteiger charge is 2.33. The third-order valence-corrected chi connectivity index (χ3v) is 5.43. The van der Waals surface area contributed by atoms with E-state index < -0.39 is 23.1 Å². The lowest BCUT2D eigenvalue weighted by Gasteiger charge is -2.30. The molecule has 1 aromatic heterocycles. The van der Waals surface area contributed by atoms with Gasteiger partial charge in [0.1, 0.15) is 17.2 Å². The molecule has 0 fully saturated rings. The van der Waals surface area contributed by atoms with Gasteiger partial charge in [-0.2, -0.15) is 0 Å². The van der Waals surface area contributed by atoms with Gasteiger partial charge in [-0.1, -0.05) is 19.9 Å². The summed E-state index contributed by atoms with van der Waals surface area (Å²) >= 11 is 0. The Bertz CT molecular complexity index is 1080. The van der Waals surface area contributed by atoms with E-state index in [-0.39, 0.29) is 35.4 Å². The van der Waals surface area contributed by atoms with Crippen LogP contribution in [0.1, 0.15) is 52.2 Å². The highest BCUT2D eigenvalue weighted by molar-refractivity contribution is 6.02. The Labute approximate surface area is 179 Å². The number of ketones is 1. The number of aromatic amines is 1. The quantitative estimate of drug-likeness (QED) is 0.763. The molecule has 0 radical (unpaired) electrons. The predicted octanol–water partition coefficient (Wildman–Crippen LogP) is 3.01. The molecule has 0 unspecified atom stereocenters. The molecule has 2 aromatic rings. The summed E-state index contributed by atoms with van der Waals surface area (Å²) in [6.07, 6.45) is 0.855. The van der Waals surface area contributed by atoms with Crippen LogP contribution < -0.4 is 5.56 Å². The molecule has 166 valence electrons.